The Hall–Kier alpha value is -4.01. The largest absolute Gasteiger partial charge is 0.389 e. The molecule has 0 amide bonds. The van der Waals surface area contributed by atoms with Gasteiger partial charge >= 0.3 is 0 Å². The topological polar surface area (TPSA) is 103 Å². The molecule has 1 saturated heterocycles. The lowest BCUT2D eigenvalue weighted by molar-refractivity contribution is 0.140. The molecule has 0 unspecified atom stereocenters. The van der Waals surface area contributed by atoms with Crippen LogP contribution in [-0.2, 0) is 0 Å². The van der Waals surface area contributed by atoms with E-state index in [1.807, 2.05) is 40.6 Å². The van der Waals surface area contributed by atoms with Gasteiger partial charge < -0.3 is 10.0 Å². The number of pyridine rings is 1. The molecule has 11 heteroatoms. The van der Waals surface area contributed by atoms with E-state index < -0.39 is 18.2 Å². The monoisotopic (exact) mass is 489 g/mol. The molecule has 35 heavy (non-hydrogen) atoms. The first-order valence-corrected chi connectivity index (χ1v) is 11.6. The molecule has 0 aliphatic carbocycles. The van der Waals surface area contributed by atoms with E-state index in [0.717, 1.165) is 27.6 Å². The lowest BCUT2D eigenvalue weighted by Gasteiger charge is -2.39. The van der Waals surface area contributed by atoms with Crippen molar-refractivity contribution in [1.29, 1.82) is 5.26 Å². The molecule has 4 aromatic heterocycles. The quantitative estimate of drug-likeness (QED) is 0.400. The second-order valence-electron chi connectivity index (χ2n) is 8.37. The number of alkyl halides is 2. The fraction of sp³-hybridized carbons (Fsp3) is 0.208. The Morgan fingerprint density at radius 2 is 2.06 bits per heavy atom. The summed E-state index contributed by atoms with van der Waals surface area (Å²) < 4.78 is 32.9. The van der Waals surface area contributed by atoms with Crippen LogP contribution in [0.2, 0.25) is 0 Å². The maximum Gasteiger partial charge on any atom is 0.283 e. The molecule has 1 fully saturated rings. The number of halogens is 2. The fourth-order valence-corrected chi connectivity index (χ4v) is 5.09. The molecule has 0 spiro atoms. The Bertz CT molecular complexity index is 1640. The summed E-state index contributed by atoms with van der Waals surface area (Å²) in [6, 6.07) is 9.63. The summed E-state index contributed by atoms with van der Waals surface area (Å²) in [5.74, 6) is 0.514. The van der Waals surface area contributed by atoms with Crippen LogP contribution in [0.4, 0.5) is 14.6 Å². The van der Waals surface area contributed by atoms with Crippen LogP contribution in [0.1, 0.15) is 23.4 Å². The van der Waals surface area contributed by atoms with Crippen LogP contribution >= 0.6 is 11.5 Å². The van der Waals surface area contributed by atoms with Crippen molar-refractivity contribution in [3.05, 3.63) is 59.0 Å². The number of hydrogen-bond donors (Lipinski definition) is 1. The highest BCUT2D eigenvalue weighted by molar-refractivity contribution is 7.03. The maximum absolute atomic E-state index is 13.7. The fourth-order valence-electron chi connectivity index (χ4n) is 4.55. The summed E-state index contributed by atoms with van der Waals surface area (Å²) in [5, 5.41) is 26.5. The van der Waals surface area contributed by atoms with Crippen molar-refractivity contribution in [2.24, 2.45) is 0 Å². The SMILES string of the molecule is Cc1nc2c(C#N)c(C(F)F)nn2c(N2CC(O)C2)c1-c1ccnc2cc(-c3cnsc3)ccc12. The first kappa shape index (κ1) is 21.5. The Kier molecular flexibility index (Phi) is 4.94. The van der Waals surface area contributed by atoms with E-state index in [1.165, 1.54) is 16.0 Å². The molecule has 0 bridgehead atoms. The minimum atomic E-state index is -2.92. The van der Waals surface area contributed by atoms with Gasteiger partial charge in [-0.05, 0) is 41.7 Å². The number of anilines is 1. The Labute approximate surface area is 201 Å². The molecule has 0 radical (unpaired) electrons. The Morgan fingerprint density at radius 1 is 1.23 bits per heavy atom. The minimum Gasteiger partial charge on any atom is -0.389 e. The van der Waals surface area contributed by atoms with Gasteiger partial charge in [-0.1, -0.05) is 12.1 Å². The van der Waals surface area contributed by atoms with Crippen molar-refractivity contribution in [2.45, 2.75) is 19.5 Å². The molecule has 5 heterocycles. The number of aliphatic hydroxyl groups excluding tert-OH is 1. The van der Waals surface area contributed by atoms with Gasteiger partial charge in [-0.2, -0.15) is 14.9 Å². The van der Waals surface area contributed by atoms with Crippen molar-refractivity contribution >= 4 is 33.9 Å². The number of rotatable bonds is 4. The van der Waals surface area contributed by atoms with E-state index in [2.05, 4.69) is 19.4 Å². The summed E-state index contributed by atoms with van der Waals surface area (Å²) in [6.07, 6.45) is 0.0375. The molecule has 5 aromatic rings. The summed E-state index contributed by atoms with van der Waals surface area (Å²) in [6.45, 7) is 2.41. The number of aliphatic hydroxyl groups is 1. The van der Waals surface area contributed by atoms with Gasteiger partial charge in [0.2, 0.25) is 0 Å². The second-order valence-corrected chi connectivity index (χ2v) is 9.02. The normalized spacial score (nSPS) is 14.1. The zero-order valence-electron chi connectivity index (χ0n) is 18.4. The third-order valence-electron chi connectivity index (χ3n) is 6.21. The smallest absolute Gasteiger partial charge is 0.283 e. The van der Waals surface area contributed by atoms with Crippen molar-refractivity contribution in [3.63, 3.8) is 0 Å². The van der Waals surface area contributed by atoms with E-state index in [4.69, 9.17) is 0 Å². The molecule has 1 N–H and O–H groups in total. The third kappa shape index (κ3) is 3.33. The van der Waals surface area contributed by atoms with Gasteiger partial charge in [-0.3, -0.25) is 4.98 Å². The van der Waals surface area contributed by atoms with E-state index in [9.17, 15) is 19.1 Å². The number of benzene rings is 1. The standard InChI is InChI=1S/C24H17F2N7OS/c1-12-20(17-4-5-28-19-6-13(2-3-16(17)19)14-8-29-35-11-14)24(32-9-15(34)10-32)33-23(30-12)18(7-27)21(31-33)22(25)26/h2-6,8,11,15,22,34H,9-10H2,1H3. The van der Waals surface area contributed by atoms with Crippen LogP contribution < -0.4 is 4.90 Å². The predicted octanol–water partition coefficient (Wildman–Crippen LogP) is 4.37. The minimum absolute atomic E-state index is 0.0750. The number of aromatic nitrogens is 5. The highest BCUT2D eigenvalue weighted by Crippen LogP contribution is 2.41. The summed E-state index contributed by atoms with van der Waals surface area (Å²) >= 11 is 1.37. The zero-order chi connectivity index (χ0) is 24.3. The van der Waals surface area contributed by atoms with Gasteiger partial charge in [-0.25, -0.2) is 18.1 Å². The molecular weight excluding hydrogens is 472 g/mol. The number of hydrogen-bond acceptors (Lipinski definition) is 8. The maximum atomic E-state index is 13.7. The van der Waals surface area contributed by atoms with Crippen molar-refractivity contribution in [3.8, 4) is 28.3 Å². The van der Waals surface area contributed by atoms with Crippen LogP contribution in [0.5, 0.6) is 0 Å². The Morgan fingerprint density at radius 3 is 2.74 bits per heavy atom. The molecule has 0 saturated carbocycles. The third-order valence-corrected chi connectivity index (χ3v) is 6.79. The van der Waals surface area contributed by atoms with Crippen molar-refractivity contribution in [2.75, 3.05) is 18.0 Å². The molecule has 8 nitrogen and oxygen atoms in total. The van der Waals surface area contributed by atoms with Crippen LogP contribution in [0.15, 0.2) is 42.0 Å². The molecule has 1 aromatic carbocycles. The lowest BCUT2D eigenvalue weighted by atomic mass is 9.97. The van der Waals surface area contributed by atoms with Crippen molar-refractivity contribution < 1.29 is 13.9 Å². The summed E-state index contributed by atoms with van der Waals surface area (Å²) in [5.41, 5.74) is 4.02. The van der Waals surface area contributed by atoms with E-state index in [-0.39, 0.29) is 11.2 Å². The van der Waals surface area contributed by atoms with Gasteiger partial charge in [0.1, 0.15) is 23.1 Å². The van der Waals surface area contributed by atoms with Gasteiger partial charge in [0.05, 0.1) is 17.3 Å². The first-order valence-electron chi connectivity index (χ1n) is 10.8. The number of β-amino-alcohol motifs (C(OH)–C–C–N with tert-alkyl or cyclic N) is 1. The lowest BCUT2D eigenvalue weighted by Crippen LogP contribution is -2.51. The predicted molar refractivity (Wildman–Crippen MR) is 127 cm³/mol. The summed E-state index contributed by atoms with van der Waals surface area (Å²) in [7, 11) is 0. The highest BCUT2D eigenvalue weighted by atomic mass is 32.1. The molecular formula is C24H17F2N7OS. The number of nitriles is 1. The highest BCUT2D eigenvalue weighted by Gasteiger charge is 2.33. The molecule has 0 atom stereocenters. The first-order chi connectivity index (χ1) is 17.0. The van der Waals surface area contributed by atoms with Gasteiger partial charge in [-0.15, -0.1) is 0 Å². The van der Waals surface area contributed by atoms with Gasteiger partial charge in [0.25, 0.3) is 6.43 Å². The van der Waals surface area contributed by atoms with Crippen LogP contribution in [0, 0.1) is 18.3 Å². The second kappa shape index (κ2) is 8.04. The van der Waals surface area contributed by atoms with E-state index >= 15 is 0 Å². The van der Waals surface area contributed by atoms with Crippen molar-refractivity contribution in [1.82, 2.24) is 24.0 Å². The van der Waals surface area contributed by atoms with Crippen LogP contribution in [0.3, 0.4) is 0 Å². The number of aryl methyl sites for hydroxylation is 1. The average molecular weight is 490 g/mol. The average Bonchev–Trinajstić information content (AvgIpc) is 3.49. The van der Waals surface area contributed by atoms with Crippen LogP contribution in [0.25, 0.3) is 38.8 Å². The van der Waals surface area contributed by atoms with E-state index in [0.29, 0.717) is 30.2 Å². The zero-order valence-corrected chi connectivity index (χ0v) is 19.2. The molecule has 174 valence electrons. The molecule has 1 aliphatic heterocycles. The van der Waals surface area contributed by atoms with Gasteiger partial charge in [0.15, 0.2) is 5.65 Å². The number of nitrogens with zero attached hydrogens (tertiary/aromatic N) is 7. The van der Waals surface area contributed by atoms with Crippen LogP contribution in [-0.4, -0.2) is 48.3 Å². The molecule has 1 aliphatic rings. The van der Waals surface area contributed by atoms with E-state index in [1.54, 1.807) is 19.3 Å². The molecule has 6 rings (SSSR count). The summed E-state index contributed by atoms with van der Waals surface area (Å²) in [4.78, 5) is 11.0. The van der Waals surface area contributed by atoms with Gasteiger partial charge in [0, 0.05) is 47.4 Å². The Balaban J connectivity index is 1.64. The number of fused-ring (bicyclic) bond motifs is 2.